The van der Waals surface area contributed by atoms with Gasteiger partial charge in [-0.05, 0) is 13.0 Å². The monoisotopic (exact) mass is 187 g/mol. The van der Waals surface area contributed by atoms with Crippen molar-refractivity contribution < 1.29 is 4.79 Å². The van der Waals surface area contributed by atoms with Crippen molar-refractivity contribution in [2.24, 2.45) is 4.99 Å². The van der Waals surface area contributed by atoms with Gasteiger partial charge in [0.05, 0.1) is 5.71 Å². The summed E-state index contributed by atoms with van der Waals surface area (Å²) in [6.45, 7) is 5.17. The third-order valence-corrected chi connectivity index (χ3v) is 2.02. The number of Topliss-reactive ketones (excluding diaryl/α,β-unsaturated/α-hetero) is 1. The van der Waals surface area contributed by atoms with Crippen molar-refractivity contribution in [3.63, 3.8) is 0 Å². The van der Waals surface area contributed by atoms with Crippen LogP contribution in [0.2, 0.25) is 0 Å². The zero-order chi connectivity index (χ0) is 10.6. The molecule has 0 N–H and O–H groups in total. The van der Waals surface area contributed by atoms with Gasteiger partial charge in [0.25, 0.3) is 0 Å². The molecule has 0 aromatic rings. The first-order chi connectivity index (χ1) is 6.70. The maximum absolute atomic E-state index is 11.3. The Morgan fingerprint density at radius 3 is 2.57 bits per heavy atom. The topological polar surface area (TPSA) is 29.4 Å². The molecule has 0 aliphatic heterocycles. The fourth-order valence-electron chi connectivity index (χ4n) is 1.34. The van der Waals surface area contributed by atoms with Gasteiger partial charge in [0, 0.05) is 18.2 Å². The Bertz CT molecular complexity index is 381. The zero-order valence-corrected chi connectivity index (χ0v) is 8.45. The molecule has 0 radical (unpaired) electrons. The van der Waals surface area contributed by atoms with Gasteiger partial charge in [-0.1, -0.05) is 30.9 Å². The van der Waals surface area contributed by atoms with Crippen molar-refractivity contribution in [1.29, 1.82) is 0 Å². The molecule has 1 aliphatic rings. The van der Waals surface area contributed by atoms with Crippen LogP contribution in [0.25, 0.3) is 0 Å². The summed E-state index contributed by atoms with van der Waals surface area (Å²) in [5, 5.41) is 0. The Balaban J connectivity index is 3.29. The normalized spacial score (nSPS) is 21.1. The van der Waals surface area contributed by atoms with E-state index in [1.807, 2.05) is 24.3 Å². The van der Waals surface area contributed by atoms with Crippen LogP contribution in [-0.2, 0) is 4.79 Å². The molecule has 0 saturated carbocycles. The van der Waals surface area contributed by atoms with Crippen molar-refractivity contribution in [1.82, 2.24) is 0 Å². The van der Waals surface area contributed by atoms with Crippen molar-refractivity contribution in [3.05, 3.63) is 48.1 Å². The van der Waals surface area contributed by atoms with Crippen molar-refractivity contribution in [3.8, 4) is 0 Å². The summed E-state index contributed by atoms with van der Waals surface area (Å²) < 4.78 is 0. The average Bonchev–Trinajstić information content (AvgIpc) is 2.19. The van der Waals surface area contributed by atoms with E-state index in [0.717, 1.165) is 11.3 Å². The van der Waals surface area contributed by atoms with Crippen LogP contribution in [0.1, 0.15) is 6.92 Å². The standard InChI is InChI=1S/C12H13NO/c1-4-10(9(2)14)11-7-5-6-8-12(11)13-3/h4-8H,1H2,2-3H3/b11-10+,13-12-. The molecule has 0 aromatic carbocycles. The van der Waals surface area contributed by atoms with E-state index in [1.54, 1.807) is 13.1 Å². The number of aliphatic imine (C=N–C) groups is 1. The minimum atomic E-state index is 0.0103. The van der Waals surface area contributed by atoms with Gasteiger partial charge in [-0.15, -0.1) is 0 Å². The molecule has 0 unspecified atom stereocenters. The summed E-state index contributed by atoms with van der Waals surface area (Å²) in [6.07, 6.45) is 9.11. The Labute approximate surface area is 84.0 Å². The van der Waals surface area contributed by atoms with E-state index in [4.69, 9.17) is 0 Å². The smallest absolute Gasteiger partial charge is 0.160 e. The number of nitrogens with zero attached hydrogens (tertiary/aromatic N) is 1. The fraction of sp³-hybridized carbons (Fsp3) is 0.167. The lowest BCUT2D eigenvalue weighted by Crippen LogP contribution is -2.07. The van der Waals surface area contributed by atoms with Crippen LogP contribution in [0.3, 0.4) is 0 Å². The molecule has 2 nitrogen and oxygen atoms in total. The molecule has 0 heterocycles. The van der Waals surface area contributed by atoms with Crippen molar-refractivity contribution >= 4 is 11.5 Å². The van der Waals surface area contributed by atoms with Crippen LogP contribution >= 0.6 is 0 Å². The number of ketones is 1. The van der Waals surface area contributed by atoms with E-state index >= 15 is 0 Å². The summed E-state index contributed by atoms with van der Waals surface area (Å²) in [4.78, 5) is 15.4. The van der Waals surface area contributed by atoms with Crippen LogP contribution in [0.5, 0.6) is 0 Å². The second-order valence-electron chi connectivity index (χ2n) is 2.91. The largest absolute Gasteiger partial charge is 0.294 e. The summed E-state index contributed by atoms with van der Waals surface area (Å²) in [6, 6.07) is 0. The van der Waals surface area contributed by atoms with E-state index in [1.165, 1.54) is 6.92 Å². The molecule has 0 saturated heterocycles. The first-order valence-electron chi connectivity index (χ1n) is 4.40. The summed E-state index contributed by atoms with van der Waals surface area (Å²) in [5.41, 5.74) is 2.28. The van der Waals surface area contributed by atoms with E-state index in [0.29, 0.717) is 5.57 Å². The minimum Gasteiger partial charge on any atom is -0.294 e. The molecule has 2 heteroatoms. The van der Waals surface area contributed by atoms with E-state index in [-0.39, 0.29) is 5.78 Å². The van der Waals surface area contributed by atoms with Crippen LogP contribution in [0.4, 0.5) is 0 Å². The summed E-state index contributed by atoms with van der Waals surface area (Å²) >= 11 is 0. The van der Waals surface area contributed by atoms with Crippen molar-refractivity contribution in [2.75, 3.05) is 7.05 Å². The van der Waals surface area contributed by atoms with Crippen LogP contribution in [-0.4, -0.2) is 18.5 Å². The van der Waals surface area contributed by atoms with Gasteiger partial charge >= 0.3 is 0 Å². The number of allylic oxidation sites excluding steroid dienone is 7. The van der Waals surface area contributed by atoms with Crippen LogP contribution in [0, 0.1) is 0 Å². The van der Waals surface area contributed by atoms with Crippen LogP contribution < -0.4 is 0 Å². The van der Waals surface area contributed by atoms with Gasteiger partial charge in [0.15, 0.2) is 5.78 Å². The number of rotatable bonds is 2. The molecule has 1 aliphatic carbocycles. The van der Waals surface area contributed by atoms with Gasteiger partial charge < -0.3 is 0 Å². The minimum absolute atomic E-state index is 0.0103. The molecule has 0 bridgehead atoms. The highest BCUT2D eigenvalue weighted by Crippen LogP contribution is 2.15. The molecule has 72 valence electrons. The Hall–Kier alpha value is -1.70. The van der Waals surface area contributed by atoms with Gasteiger partial charge in [0.1, 0.15) is 0 Å². The highest BCUT2D eigenvalue weighted by atomic mass is 16.1. The molecular formula is C12H13NO. The van der Waals surface area contributed by atoms with Gasteiger partial charge in [0.2, 0.25) is 0 Å². The number of hydrogen-bond acceptors (Lipinski definition) is 2. The molecule has 1 rings (SSSR count). The SMILES string of the molecule is C=C/C(C(C)=O)=C1/C=CC=C/C1=N/C. The van der Waals surface area contributed by atoms with E-state index in [9.17, 15) is 4.79 Å². The highest BCUT2D eigenvalue weighted by molar-refractivity contribution is 6.17. The van der Waals surface area contributed by atoms with Gasteiger partial charge in [-0.2, -0.15) is 0 Å². The molecule has 0 fully saturated rings. The lowest BCUT2D eigenvalue weighted by Gasteiger charge is -2.09. The third kappa shape index (κ3) is 1.96. The second kappa shape index (κ2) is 4.51. The number of carbonyl (C=O) groups excluding carboxylic acids is 1. The maximum atomic E-state index is 11.3. The van der Waals surface area contributed by atoms with Crippen molar-refractivity contribution in [2.45, 2.75) is 6.92 Å². The fourth-order valence-corrected chi connectivity index (χ4v) is 1.34. The highest BCUT2D eigenvalue weighted by Gasteiger charge is 2.11. The Kier molecular flexibility index (Phi) is 3.35. The van der Waals surface area contributed by atoms with E-state index in [2.05, 4.69) is 11.6 Å². The first-order valence-corrected chi connectivity index (χ1v) is 4.40. The quantitative estimate of drug-likeness (QED) is 0.610. The molecule has 0 aromatic heterocycles. The lowest BCUT2D eigenvalue weighted by atomic mass is 9.97. The first kappa shape index (κ1) is 10.4. The van der Waals surface area contributed by atoms with Crippen LogP contribution in [0.15, 0.2) is 53.1 Å². The molecule has 0 amide bonds. The zero-order valence-electron chi connectivity index (χ0n) is 8.45. The summed E-state index contributed by atoms with van der Waals surface area (Å²) in [5.74, 6) is 0.0103. The Morgan fingerprint density at radius 2 is 2.07 bits per heavy atom. The van der Waals surface area contributed by atoms with Gasteiger partial charge in [-0.3, -0.25) is 9.79 Å². The average molecular weight is 187 g/mol. The number of hydrogen-bond donors (Lipinski definition) is 0. The van der Waals surface area contributed by atoms with E-state index < -0.39 is 0 Å². The second-order valence-corrected chi connectivity index (χ2v) is 2.91. The predicted octanol–water partition coefficient (Wildman–Crippen LogP) is 2.25. The van der Waals surface area contributed by atoms with Gasteiger partial charge in [-0.25, -0.2) is 0 Å². The molecular weight excluding hydrogens is 174 g/mol. The number of carbonyl (C=O) groups is 1. The predicted molar refractivity (Wildman–Crippen MR) is 59.5 cm³/mol. The lowest BCUT2D eigenvalue weighted by molar-refractivity contribution is -0.113. The third-order valence-electron chi connectivity index (χ3n) is 2.02. The molecule has 14 heavy (non-hydrogen) atoms. The maximum Gasteiger partial charge on any atom is 0.160 e. The Morgan fingerprint density at radius 1 is 1.43 bits per heavy atom. The summed E-state index contributed by atoms with van der Waals surface area (Å²) in [7, 11) is 1.71. The molecule has 0 spiro atoms. The molecule has 0 atom stereocenters.